The van der Waals surface area contributed by atoms with Crippen LogP contribution >= 0.6 is 11.8 Å². The molecule has 0 saturated heterocycles. The number of rotatable bonds is 7. The second-order valence-electron chi connectivity index (χ2n) is 10.3. The van der Waals surface area contributed by atoms with Gasteiger partial charge >= 0.3 is 5.97 Å². The highest BCUT2D eigenvalue weighted by Crippen LogP contribution is 2.37. The molecule has 1 aliphatic heterocycles. The maximum atomic E-state index is 12.8. The van der Waals surface area contributed by atoms with Crippen LogP contribution in [0.4, 0.5) is 0 Å². The van der Waals surface area contributed by atoms with Gasteiger partial charge in [0.2, 0.25) is 0 Å². The van der Waals surface area contributed by atoms with Crippen molar-refractivity contribution < 1.29 is 18.7 Å². The van der Waals surface area contributed by atoms with Crippen LogP contribution in [-0.2, 0) is 14.0 Å². The second kappa shape index (κ2) is 9.96. The van der Waals surface area contributed by atoms with Gasteiger partial charge in [0, 0.05) is 6.54 Å². The second-order valence-corrected chi connectivity index (χ2v) is 15.9. The molecule has 1 N–H and O–H groups in total. The Labute approximate surface area is 192 Å². The van der Waals surface area contributed by atoms with E-state index in [0.29, 0.717) is 5.75 Å². The van der Waals surface area contributed by atoms with Crippen molar-refractivity contribution in [1.82, 2.24) is 5.32 Å². The van der Waals surface area contributed by atoms with Crippen molar-refractivity contribution in [2.24, 2.45) is 4.99 Å². The largest absolute Gasteiger partial charge is 0.490 e. The average Bonchev–Trinajstić information content (AvgIpc) is 3.12. The number of carbonyl (C=O) groups excluding carboxylic acids is 1. The van der Waals surface area contributed by atoms with Crippen LogP contribution in [0.1, 0.15) is 53.1 Å². The molecule has 0 bridgehead atoms. The average molecular weight is 467 g/mol. The minimum absolute atomic E-state index is 0.0274. The van der Waals surface area contributed by atoms with E-state index in [2.05, 4.69) is 44.2 Å². The Bertz CT molecular complexity index is 782. The Kier molecular flexibility index (Phi) is 8.27. The topological polar surface area (TPSA) is 69.2 Å². The predicted octanol–water partition coefficient (Wildman–Crippen LogP) is 5.16. The molecule has 2 atom stereocenters. The Morgan fingerprint density at radius 2 is 1.81 bits per heavy atom. The lowest BCUT2D eigenvalue weighted by Crippen LogP contribution is -2.49. The maximum absolute atomic E-state index is 12.8. The fourth-order valence-corrected chi connectivity index (χ4v) is 4.43. The Balaban J connectivity index is 2.08. The molecule has 0 amide bonds. The van der Waals surface area contributed by atoms with Crippen molar-refractivity contribution in [2.75, 3.05) is 19.4 Å². The number of hydrogen-bond acceptors (Lipinski definition) is 7. The molecule has 31 heavy (non-hydrogen) atoms. The smallest absolute Gasteiger partial charge is 0.338 e. The molecule has 1 heterocycles. The minimum atomic E-state index is -2.19. The van der Waals surface area contributed by atoms with E-state index in [1.165, 1.54) is 0 Å². The number of aliphatic imine (C=N–C) groups is 1. The van der Waals surface area contributed by atoms with Gasteiger partial charge in [-0.3, -0.25) is 4.99 Å². The molecule has 174 valence electrons. The van der Waals surface area contributed by atoms with E-state index in [9.17, 15) is 4.79 Å². The first-order chi connectivity index (χ1) is 14.2. The standard InChI is InChI=1S/C23H38N2O4SSi/c1-22(2,3)28-20(26)19(29-31(8,9)23(4,5)6)15-27-17-12-10-16(11-13-17)18-14-24-21(25-18)30-7/h10-13,18-19H,14-15H2,1-9H3,(H,24,25)/t18-,19?/m1/s1. The zero-order chi connectivity index (χ0) is 23.4. The highest BCUT2D eigenvalue weighted by Gasteiger charge is 2.42. The van der Waals surface area contributed by atoms with Crippen LogP contribution in [0.2, 0.25) is 18.1 Å². The number of benzene rings is 1. The van der Waals surface area contributed by atoms with Crippen LogP contribution in [0.15, 0.2) is 29.3 Å². The summed E-state index contributed by atoms with van der Waals surface area (Å²) in [6.07, 6.45) is 1.24. The van der Waals surface area contributed by atoms with Gasteiger partial charge < -0.3 is 19.2 Å². The summed E-state index contributed by atoms with van der Waals surface area (Å²) in [5.41, 5.74) is 0.546. The molecule has 2 rings (SSSR count). The fourth-order valence-electron chi connectivity index (χ4n) is 2.74. The van der Waals surface area contributed by atoms with E-state index < -0.39 is 20.0 Å². The zero-order valence-electron chi connectivity index (χ0n) is 20.4. The monoisotopic (exact) mass is 466 g/mol. The van der Waals surface area contributed by atoms with Crippen molar-refractivity contribution in [1.29, 1.82) is 0 Å². The summed E-state index contributed by atoms with van der Waals surface area (Å²) in [5, 5.41) is 4.23. The predicted molar refractivity (Wildman–Crippen MR) is 132 cm³/mol. The van der Waals surface area contributed by atoms with Gasteiger partial charge in [0.15, 0.2) is 19.6 Å². The minimum Gasteiger partial charge on any atom is -0.490 e. The number of carbonyl (C=O) groups is 1. The van der Waals surface area contributed by atoms with Crippen LogP contribution in [0.5, 0.6) is 5.75 Å². The first kappa shape index (κ1) is 25.7. The van der Waals surface area contributed by atoms with Crippen molar-refractivity contribution in [3.8, 4) is 5.75 Å². The summed E-state index contributed by atoms with van der Waals surface area (Å²) in [6.45, 7) is 17.2. The molecule has 1 unspecified atom stereocenters. The number of nitrogens with zero attached hydrogens (tertiary/aromatic N) is 1. The van der Waals surface area contributed by atoms with E-state index >= 15 is 0 Å². The Morgan fingerprint density at radius 1 is 1.19 bits per heavy atom. The zero-order valence-corrected chi connectivity index (χ0v) is 22.2. The molecule has 1 aromatic carbocycles. The number of esters is 1. The highest BCUT2D eigenvalue weighted by atomic mass is 32.2. The third-order valence-electron chi connectivity index (χ3n) is 5.49. The molecular weight excluding hydrogens is 428 g/mol. The van der Waals surface area contributed by atoms with Gasteiger partial charge in [-0.25, -0.2) is 4.79 Å². The lowest BCUT2D eigenvalue weighted by atomic mass is 10.1. The van der Waals surface area contributed by atoms with Crippen LogP contribution in [0.3, 0.4) is 0 Å². The normalized spacial score (nSPS) is 18.2. The quantitative estimate of drug-likeness (QED) is 0.442. The molecule has 0 fully saturated rings. The molecule has 1 aliphatic rings. The van der Waals surface area contributed by atoms with E-state index in [0.717, 1.165) is 17.3 Å². The third-order valence-corrected chi connectivity index (χ3v) is 10.6. The summed E-state index contributed by atoms with van der Waals surface area (Å²) in [5.74, 6) is 0.307. The number of amidine groups is 1. The van der Waals surface area contributed by atoms with Gasteiger partial charge in [0.25, 0.3) is 0 Å². The van der Waals surface area contributed by atoms with E-state index in [-0.39, 0.29) is 23.7 Å². The summed E-state index contributed by atoms with van der Waals surface area (Å²) < 4.78 is 17.9. The summed E-state index contributed by atoms with van der Waals surface area (Å²) >= 11 is 1.62. The first-order valence-corrected chi connectivity index (χ1v) is 14.8. The van der Waals surface area contributed by atoms with E-state index in [1.54, 1.807) is 11.8 Å². The van der Waals surface area contributed by atoms with E-state index in [1.807, 2.05) is 51.3 Å². The SMILES string of the molecule is CSC1=N[C@@H](c2ccc(OCC(O[Si](C)(C)C(C)(C)C)C(=O)OC(C)(C)C)cc2)CN1. The highest BCUT2D eigenvalue weighted by molar-refractivity contribution is 8.13. The molecule has 6 nitrogen and oxygen atoms in total. The van der Waals surface area contributed by atoms with Gasteiger partial charge in [0.05, 0.1) is 6.04 Å². The van der Waals surface area contributed by atoms with Gasteiger partial charge in [-0.1, -0.05) is 44.7 Å². The van der Waals surface area contributed by atoms with E-state index in [4.69, 9.17) is 13.9 Å². The molecule has 0 radical (unpaired) electrons. The van der Waals surface area contributed by atoms with Crippen LogP contribution in [0, 0.1) is 0 Å². The van der Waals surface area contributed by atoms with Crippen molar-refractivity contribution in [3.05, 3.63) is 29.8 Å². The number of hydrogen-bond donors (Lipinski definition) is 1. The summed E-state index contributed by atoms with van der Waals surface area (Å²) in [7, 11) is -2.19. The number of ether oxygens (including phenoxy) is 2. The third kappa shape index (κ3) is 7.54. The first-order valence-electron chi connectivity index (χ1n) is 10.7. The fraction of sp³-hybridized carbons (Fsp3) is 0.652. The summed E-state index contributed by atoms with van der Waals surface area (Å²) in [6, 6.07) is 7.99. The number of thioether (sulfide) groups is 1. The Morgan fingerprint density at radius 3 is 2.29 bits per heavy atom. The van der Waals surface area contributed by atoms with Gasteiger partial charge in [-0.2, -0.15) is 0 Å². The lowest BCUT2D eigenvalue weighted by molar-refractivity contribution is -0.165. The maximum Gasteiger partial charge on any atom is 0.338 e. The Hall–Kier alpha value is -1.51. The molecule has 8 heteroatoms. The lowest BCUT2D eigenvalue weighted by Gasteiger charge is -2.39. The van der Waals surface area contributed by atoms with Crippen molar-refractivity contribution in [3.63, 3.8) is 0 Å². The molecule has 1 aromatic rings. The molecule has 0 spiro atoms. The van der Waals surface area contributed by atoms with Crippen molar-refractivity contribution in [2.45, 2.75) is 77.4 Å². The van der Waals surface area contributed by atoms with Gasteiger partial charge in [0.1, 0.15) is 18.0 Å². The summed E-state index contributed by atoms with van der Waals surface area (Å²) in [4.78, 5) is 17.5. The van der Waals surface area contributed by atoms with Crippen molar-refractivity contribution >= 4 is 31.2 Å². The van der Waals surface area contributed by atoms with Crippen LogP contribution in [-0.4, -0.2) is 50.6 Å². The van der Waals surface area contributed by atoms with Crippen LogP contribution < -0.4 is 10.1 Å². The molecule has 0 aliphatic carbocycles. The van der Waals surface area contributed by atoms with Crippen LogP contribution in [0.25, 0.3) is 0 Å². The van der Waals surface area contributed by atoms with Gasteiger partial charge in [-0.05, 0) is 62.9 Å². The molecule has 0 saturated carbocycles. The molecule has 0 aromatic heterocycles. The molecular formula is C23H38N2O4SSi. The number of nitrogens with one attached hydrogen (secondary N) is 1. The van der Waals surface area contributed by atoms with Gasteiger partial charge in [-0.15, -0.1) is 0 Å².